The lowest BCUT2D eigenvalue weighted by Crippen LogP contribution is -2.30. The number of cyclic esters (lactones) is 1. The fourth-order valence-corrected chi connectivity index (χ4v) is 1.48. The summed E-state index contributed by atoms with van der Waals surface area (Å²) in [6.07, 6.45) is 3.22. The van der Waals surface area contributed by atoms with Crippen LogP contribution in [0.4, 0.5) is 0 Å². The van der Waals surface area contributed by atoms with Crippen molar-refractivity contribution in [2.75, 3.05) is 0 Å². The molecule has 0 radical (unpaired) electrons. The summed E-state index contributed by atoms with van der Waals surface area (Å²) >= 11 is 0. The average molecular weight is 207 g/mol. The molecule has 1 aliphatic rings. The molecule has 0 saturated heterocycles. The highest BCUT2D eigenvalue weighted by molar-refractivity contribution is 5.93. The number of carbonyl (C=O) groups excluding carboxylic acids is 1. The van der Waals surface area contributed by atoms with Crippen LogP contribution in [0.25, 0.3) is 0 Å². The first-order chi connectivity index (χ1) is 6.93. The summed E-state index contributed by atoms with van der Waals surface area (Å²) in [5.74, 6) is -0.0380. The second-order valence-corrected chi connectivity index (χ2v) is 3.90. The normalized spacial score (nSPS) is 27.0. The van der Waals surface area contributed by atoms with Gasteiger partial charge in [-0.2, -0.15) is 0 Å². The van der Waals surface area contributed by atoms with Crippen molar-refractivity contribution in [3.05, 3.63) is 35.6 Å². The fraction of sp³-hybridized carbons (Fsp3) is 0.417. The van der Waals surface area contributed by atoms with Crippen LogP contribution in [0.5, 0.6) is 0 Å². The van der Waals surface area contributed by atoms with Gasteiger partial charge in [0, 0.05) is 11.6 Å². The van der Waals surface area contributed by atoms with Crippen LogP contribution in [0.2, 0.25) is 0 Å². The number of allylic oxidation sites excluding steroid dienone is 1. The second-order valence-electron chi connectivity index (χ2n) is 3.90. The maximum absolute atomic E-state index is 11.6. The molecular weight excluding hydrogens is 190 g/mol. The largest absolute Gasteiger partial charge is 0.458 e. The number of nitrogens with two attached hydrogens (primary N) is 1. The van der Waals surface area contributed by atoms with E-state index < -0.39 is 0 Å². The quantitative estimate of drug-likeness (QED) is 0.556. The monoisotopic (exact) mass is 207 g/mol. The third-order valence-electron chi connectivity index (χ3n) is 2.79. The molecule has 1 aliphatic heterocycles. The van der Waals surface area contributed by atoms with E-state index in [0.29, 0.717) is 11.3 Å². The van der Waals surface area contributed by atoms with Gasteiger partial charge in [0.2, 0.25) is 0 Å². The van der Waals surface area contributed by atoms with Crippen LogP contribution in [0.15, 0.2) is 35.6 Å². The molecule has 0 bridgehead atoms. The smallest absolute Gasteiger partial charge is 0.338 e. The van der Waals surface area contributed by atoms with Crippen molar-refractivity contribution >= 4 is 5.97 Å². The molecule has 0 amide bonds. The predicted octanol–water partition coefficient (Wildman–Crippen LogP) is 1.91. The zero-order chi connectivity index (χ0) is 11.6. The van der Waals surface area contributed by atoms with E-state index in [-0.39, 0.29) is 18.0 Å². The standard InChI is InChI=1S/C12H17NO2/c1-7(13)5-6-11-9(3)8(2)10(4)15-12(11)14/h5-6,8,10H,1,13H2,2-4H3/b6-5-. The molecule has 15 heavy (non-hydrogen) atoms. The van der Waals surface area contributed by atoms with E-state index in [4.69, 9.17) is 10.5 Å². The number of hydrogen-bond acceptors (Lipinski definition) is 3. The summed E-state index contributed by atoms with van der Waals surface area (Å²) in [6, 6.07) is 0. The minimum atomic E-state index is -0.282. The first-order valence-corrected chi connectivity index (χ1v) is 4.97. The van der Waals surface area contributed by atoms with Crippen LogP contribution >= 0.6 is 0 Å². The van der Waals surface area contributed by atoms with Crippen molar-refractivity contribution in [2.45, 2.75) is 26.9 Å². The van der Waals surface area contributed by atoms with Crippen molar-refractivity contribution in [1.29, 1.82) is 0 Å². The van der Waals surface area contributed by atoms with E-state index in [1.54, 1.807) is 12.2 Å². The van der Waals surface area contributed by atoms with E-state index in [2.05, 4.69) is 6.58 Å². The van der Waals surface area contributed by atoms with Crippen molar-refractivity contribution in [1.82, 2.24) is 0 Å². The molecule has 1 rings (SSSR count). The molecule has 0 fully saturated rings. The Morgan fingerprint density at radius 2 is 2.13 bits per heavy atom. The molecule has 3 nitrogen and oxygen atoms in total. The molecule has 2 unspecified atom stereocenters. The number of hydrogen-bond donors (Lipinski definition) is 1. The Morgan fingerprint density at radius 3 is 2.67 bits per heavy atom. The maximum atomic E-state index is 11.6. The first kappa shape index (κ1) is 11.6. The van der Waals surface area contributed by atoms with Crippen LogP contribution < -0.4 is 5.73 Å². The number of esters is 1. The lowest BCUT2D eigenvalue weighted by Gasteiger charge is -2.28. The molecule has 1 heterocycles. The third kappa shape index (κ3) is 2.49. The molecule has 82 valence electrons. The zero-order valence-corrected chi connectivity index (χ0v) is 9.41. The maximum Gasteiger partial charge on any atom is 0.338 e. The molecule has 0 aromatic carbocycles. The summed E-state index contributed by atoms with van der Waals surface area (Å²) in [5.41, 5.74) is 7.46. The third-order valence-corrected chi connectivity index (χ3v) is 2.79. The minimum absolute atomic E-state index is 0.0595. The van der Waals surface area contributed by atoms with Gasteiger partial charge in [-0.3, -0.25) is 0 Å². The summed E-state index contributed by atoms with van der Waals surface area (Å²) in [5, 5.41) is 0. The highest BCUT2D eigenvalue weighted by atomic mass is 16.5. The fourth-order valence-electron chi connectivity index (χ4n) is 1.48. The summed E-state index contributed by atoms with van der Waals surface area (Å²) in [7, 11) is 0. The Bertz CT molecular complexity index is 353. The van der Waals surface area contributed by atoms with E-state index in [9.17, 15) is 4.79 Å². The van der Waals surface area contributed by atoms with Crippen LogP contribution in [-0.2, 0) is 9.53 Å². The van der Waals surface area contributed by atoms with Crippen molar-refractivity contribution in [3.8, 4) is 0 Å². The van der Waals surface area contributed by atoms with E-state index in [1.807, 2.05) is 20.8 Å². The number of ether oxygens (including phenoxy) is 1. The van der Waals surface area contributed by atoms with Gasteiger partial charge in [-0.1, -0.05) is 19.1 Å². The van der Waals surface area contributed by atoms with E-state index >= 15 is 0 Å². The van der Waals surface area contributed by atoms with Gasteiger partial charge in [-0.05, 0) is 26.0 Å². The Hall–Kier alpha value is -1.51. The van der Waals surface area contributed by atoms with Crippen LogP contribution in [0, 0.1) is 5.92 Å². The minimum Gasteiger partial charge on any atom is -0.458 e. The Balaban J connectivity index is 3.03. The SMILES string of the molecule is C=C(N)/C=C\C1=C(C)C(C)C(C)OC1=O. The molecule has 3 heteroatoms. The molecule has 0 saturated carbocycles. The van der Waals surface area contributed by atoms with Crippen LogP contribution in [-0.4, -0.2) is 12.1 Å². The molecule has 0 aromatic heterocycles. The highest BCUT2D eigenvalue weighted by Gasteiger charge is 2.28. The first-order valence-electron chi connectivity index (χ1n) is 4.97. The lowest BCUT2D eigenvalue weighted by molar-refractivity contribution is -0.146. The van der Waals surface area contributed by atoms with Gasteiger partial charge >= 0.3 is 5.97 Å². The van der Waals surface area contributed by atoms with Crippen molar-refractivity contribution in [3.63, 3.8) is 0 Å². The van der Waals surface area contributed by atoms with E-state index in [0.717, 1.165) is 5.57 Å². The summed E-state index contributed by atoms with van der Waals surface area (Å²) in [6.45, 7) is 9.42. The van der Waals surface area contributed by atoms with Crippen LogP contribution in [0.1, 0.15) is 20.8 Å². The number of carbonyl (C=O) groups is 1. The van der Waals surface area contributed by atoms with Gasteiger partial charge in [0.05, 0.1) is 5.57 Å². The second kappa shape index (κ2) is 4.34. The molecule has 0 aliphatic carbocycles. The zero-order valence-electron chi connectivity index (χ0n) is 9.41. The average Bonchev–Trinajstić information content (AvgIpc) is 2.14. The molecule has 0 aromatic rings. The Labute approximate surface area is 90.3 Å². The van der Waals surface area contributed by atoms with Gasteiger partial charge in [0.25, 0.3) is 0 Å². The van der Waals surface area contributed by atoms with Crippen LogP contribution in [0.3, 0.4) is 0 Å². The van der Waals surface area contributed by atoms with Gasteiger partial charge in [-0.15, -0.1) is 0 Å². The number of rotatable bonds is 2. The van der Waals surface area contributed by atoms with Gasteiger partial charge in [0.15, 0.2) is 0 Å². The topological polar surface area (TPSA) is 52.3 Å². The summed E-state index contributed by atoms with van der Waals surface area (Å²) < 4.78 is 5.20. The molecule has 2 N–H and O–H groups in total. The molecular formula is C12H17NO2. The van der Waals surface area contributed by atoms with Crippen molar-refractivity contribution in [2.24, 2.45) is 11.7 Å². The summed E-state index contributed by atoms with van der Waals surface area (Å²) in [4.78, 5) is 11.6. The molecule has 2 atom stereocenters. The predicted molar refractivity (Wildman–Crippen MR) is 59.9 cm³/mol. The highest BCUT2D eigenvalue weighted by Crippen LogP contribution is 2.27. The van der Waals surface area contributed by atoms with Crippen molar-refractivity contribution < 1.29 is 9.53 Å². The van der Waals surface area contributed by atoms with Gasteiger partial charge in [-0.25, -0.2) is 4.79 Å². The van der Waals surface area contributed by atoms with Gasteiger partial charge < -0.3 is 10.5 Å². The molecule has 0 spiro atoms. The Kier molecular flexibility index (Phi) is 3.35. The lowest BCUT2D eigenvalue weighted by atomic mass is 9.90. The van der Waals surface area contributed by atoms with E-state index in [1.165, 1.54) is 0 Å². The Morgan fingerprint density at radius 1 is 1.53 bits per heavy atom. The van der Waals surface area contributed by atoms with Gasteiger partial charge in [0.1, 0.15) is 6.10 Å².